The summed E-state index contributed by atoms with van der Waals surface area (Å²) in [6.45, 7) is 9.15. The van der Waals surface area contributed by atoms with Crippen molar-refractivity contribution in [2.24, 2.45) is 9.43 Å². The summed E-state index contributed by atoms with van der Waals surface area (Å²) in [5.74, 6) is 0. The molecule has 0 aliphatic rings. The van der Waals surface area contributed by atoms with E-state index in [-0.39, 0.29) is 0 Å². The summed E-state index contributed by atoms with van der Waals surface area (Å²) in [6.07, 6.45) is 12.8. The molecule has 1 nitrogen and oxygen atoms in total. The molecule has 2 heteroatoms. The maximum atomic E-state index is 4.50. The fraction of sp³-hybridized carbons (Fsp3) is 0.938. The van der Waals surface area contributed by atoms with Crippen molar-refractivity contribution in [3.8, 4) is 0 Å². The SMILES string of the molecule is CCCCC(CCC)(CCCC)C(CCC)=NBr. The molecule has 0 atom stereocenters. The Morgan fingerprint density at radius 1 is 0.833 bits per heavy atom. The minimum Gasteiger partial charge on any atom is -0.216 e. The van der Waals surface area contributed by atoms with E-state index in [9.17, 15) is 0 Å². The summed E-state index contributed by atoms with van der Waals surface area (Å²) in [4.78, 5) is 0. The Balaban J connectivity index is 4.99. The Morgan fingerprint density at radius 3 is 1.72 bits per heavy atom. The highest BCUT2D eigenvalue weighted by atomic mass is 79.9. The van der Waals surface area contributed by atoms with E-state index < -0.39 is 0 Å². The molecule has 0 unspecified atom stereocenters. The highest BCUT2D eigenvalue weighted by molar-refractivity contribution is 9.08. The fourth-order valence-corrected chi connectivity index (χ4v) is 3.50. The zero-order valence-electron chi connectivity index (χ0n) is 12.9. The highest BCUT2D eigenvalue weighted by Gasteiger charge is 2.33. The minimum absolute atomic E-state index is 0.375. The van der Waals surface area contributed by atoms with Crippen molar-refractivity contribution in [1.29, 1.82) is 0 Å². The molecule has 0 rings (SSSR count). The van der Waals surface area contributed by atoms with Crippen LogP contribution in [0, 0.1) is 5.41 Å². The molecule has 0 aromatic carbocycles. The molecule has 0 N–H and O–H groups in total. The van der Waals surface area contributed by atoms with Crippen molar-refractivity contribution < 1.29 is 0 Å². The molecule has 0 aliphatic carbocycles. The van der Waals surface area contributed by atoms with E-state index in [1.807, 2.05) is 0 Å². The number of hydrogen-bond acceptors (Lipinski definition) is 1. The van der Waals surface area contributed by atoms with Gasteiger partial charge in [-0.2, -0.15) is 0 Å². The molecule has 0 radical (unpaired) electrons. The predicted molar refractivity (Wildman–Crippen MR) is 87.7 cm³/mol. The Labute approximate surface area is 123 Å². The van der Waals surface area contributed by atoms with Gasteiger partial charge in [0.1, 0.15) is 0 Å². The normalized spacial score (nSPS) is 13.1. The number of nitrogens with zero attached hydrogens (tertiary/aromatic N) is 1. The van der Waals surface area contributed by atoms with Gasteiger partial charge in [-0.1, -0.05) is 66.2 Å². The molecule has 18 heavy (non-hydrogen) atoms. The zero-order valence-corrected chi connectivity index (χ0v) is 14.5. The van der Waals surface area contributed by atoms with Gasteiger partial charge >= 0.3 is 0 Å². The van der Waals surface area contributed by atoms with Crippen LogP contribution in [-0.4, -0.2) is 5.71 Å². The maximum absolute atomic E-state index is 4.50. The summed E-state index contributed by atoms with van der Waals surface area (Å²) in [6, 6.07) is 0. The van der Waals surface area contributed by atoms with E-state index in [4.69, 9.17) is 0 Å². The van der Waals surface area contributed by atoms with Gasteiger partial charge in [0.25, 0.3) is 0 Å². The number of unbranched alkanes of at least 4 members (excludes halogenated alkanes) is 2. The van der Waals surface area contributed by atoms with Crippen LogP contribution in [0.25, 0.3) is 0 Å². The van der Waals surface area contributed by atoms with Crippen LogP contribution in [0.2, 0.25) is 0 Å². The first-order valence-electron chi connectivity index (χ1n) is 7.89. The minimum atomic E-state index is 0.375. The van der Waals surface area contributed by atoms with Crippen LogP contribution in [0.5, 0.6) is 0 Å². The van der Waals surface area contributed by atoms with Crippen LogP contribution in [-0.2, 0) is 0 Å². The molecule has 108 valence electrons. The van der Waals surface area contributed by atoms with E-state index in [0.717, 1.165) is 6.42 Å². The number of halogens is 1. The van der Waals surface area contributed by atoms with Gasteiger partial charge in [-0.05, 0) is 25.7 Å². The van der Waals surface area contributed by atoms with Gasteiger partial charge in [0.2, 0.25) is 0 Å². The first-order chi connectivity index (χ1) is 8.70. The first-order valence-corrected chi connectivity index (χ1v) is 8.59. The van der Waals surface area contributed by atoms with Crippen molar-refractivity contribution in [2.75, 3.05) is 0 Å². The van der Waals surface area contributed by atoms with E-state index in [1.165, 1.54) is 63.5 Å². The molecule has 0 saturated heterocycles. The second kappa shape index (κ2) is 11.0. The quantitative estimate of drug-likeness (QED) is 0.376. The van der Waals surface area contributed by atoms with Gasteiger partial charge < -0.3 is 0 Å². The lowest BCUT2D eigenvalue weighted by Crippen LogP contribution is -2.31. The van der Waals surface area contributed by atoms with Crippen molar-refractivity contribution >= 4 is 21.9 Å². The Hall–Kier alpha value is 0.150. The lowest BCUT2D eigenvalue weighted by molar-refractivity contribution is 0.302. The molecule has 0 heterocycles. The zero-order chi connectivity index (χ0) is 13.9. The summed E-state index contributed by atoms with van der Waals surface area (Å²) in [7, 11) is 0. The fourth-order valence-electron chi connectivity index (χ4n) is 2.95. The van der Waals surface area contributed by atoms with E-state index in [2.05, 4.69) is 47.9 Å². The van der Waals surface area contributed by atoms with E-state index >= 15 is 0 Å². The monoisotopic (exact) mass is 317 g/mol. The average Bonchev–Trinajstić information content (AvgIpc) is 2.39. The van der Waals surface area contributed by atoms with Gasteiger partial charge in [-0.25, -0.2) is 4.02 Å². The van der Waals surface area contributed by atoms with Gasteiger partial charge in [0.05, 0.1) is 16.1 Å². The van der Waals surface area contributed by atoms with Gasteiger partial charge in [-0.3, -0.25) is 0 Å². The van der Waals surface area contributed by atoms with Crippen molar-refractivity contribution in [1.82, 2.24) is 0 Å². The Morgan fingerprint density at radius 2 is 1.39 bits per heavy atom. The molecule has 0 aromatic heterocycles. The van der Waals surface area contributed by atoms with E-state index in [1.54, 1.807) is 0 Å². The third-order valence-corrected chi connectivity index (χ3v) is 4.38. The lowest BCUT2D eigenvalue weighted by atomic mass is 9.70. The summed E-state index contributed by atoms with van der Waals surface area (Å²) >= 11 is 3.39. The van der Waals surface area contributed by atoms with Crippen molar-refractivity contribution in [3.05, 3.63) is 0 Å². The molecule has 0 saturated carbocycles. The molecular formula is C16H32BrN. The number of hydrogen-bond donors (Lipinski definition) is 0. The lowest BCUT2D eigenvalue weighted by Gasteiger charge is -2.35. The van der Waals surface area contributed by atoms with Crippen LogP contribution in [0.4, 0.5) is 0 Å². The molecule has 0 amide bonds. The van der Waals surface area contributed by atoms with E-state index in [0.29, 0.717) is 5.41 Å². The number of rotatable bonds is 11. The highest BCUT2D eigenvalue weighted by Crippen LogP contribution is 2.39. The Bertz CT molecular complexity index is 215. The van der Waals surface area contributed by atoms with Crippen LogP contribution < -0.4 is 0 Å². The van der Waals surface area contributed by atoms with Crippen LogP contribution in [0.3, 0.4) is 0 Å². The summed E-state index contributed by atoms with van der Waals surface area (Å²) < 4.78 is 4.50. The first kappa shape index (κ1) is 18.1. The summed E-state index contributed by atoms with van der Waals surface area (Å²) in [5.41, 5.74) is 1.80. The van der Waals surface area contributed by atoms with Gasteiger partial charge in [-0.15, -0.1) is 0 Å². The average molecular weight is 318 g/mol. The smallest absolute Gasteiger partial charge is 0.0733 e. The molecule has 0 bridgehead atoms. The summed E-state index contributed by atoms with van der Waals surface area (Å²) in [5, 5.41) is 0. The van der Waals surface area contributed by atoms with Crippen LogP contribution >= 0.6 is 16.1 Å². The predicted octanol–water partition coefficient (Wildman–Crippen LogP) is 6.70. The molecular weight excluding hydrogens is 286 g/mol. The molecule has 0 fully saturated rings. The van der Waals surface area contributed by atoms with Crippen LogP contribution in [0.15, 0.2) is 4.02 Å². The second-order valence-electron chi connectivity index (χ2n) is 5.52. The van der Waals surface area contributed by atoms with Crippen LogP contribution in [0.1, 0.15) is 91.9 Å². The third kappa shape index (κ3) is 5.86. The second-order valence-corrected chi connectivity index (χ2v) is 5.87. The molecule has 0 aliphatic heterocycles. The largest absolute Gasteiger partial charge is 0.216 e. The maximum Gasteiger partial charge on any atom is 0.0733 e. The Kier molecular flexibility index (Phi) is 11.1. The third-order valence-electron chi connectivity index (χ3n) is 3.95. The van der Waals surface area contributed by atoms with Gasteiger partial charge in [0.15, 0.2) is 0 Å². The topological polar surface area (TPSA) is 12.4 Å². The molecule has 0 aromatic rings. The van der Waals surface area contributed by atoms with Crippen molar-refractivity contribution in [2.45, 2.75) is 91.9 Å². The molecule has 0 spiro atoms. The van der Waals surface area contributed by atoms with Gasteiger partial charge in [0, 0.05) is 11.1 Å². The standard InChI is InChI=1S/C16H32BrN/c1-5-9-13-16(12-8-4,14-10-6-2)15(18-17)11-7-3/h5-14H2,1-4H3. The van der Waals surface area contributed by atoms with Crippen molar-refractivity contribution in [3.63, 3.8) is 0 Å².